The predicted molar refractivity (Wildman–Crippen MR) is 46.2 cm³/mol. The van der Waals surface area contributed by atoms with Crippen molar-refractivity contribution in [2.24, 2.45) is 0 Å². The summed E-state index contributed by atoms with van der Waals surface area (Å²) >= 11 is 1.40. The maximum atomic E-state index is 12.6. The molecule has 0 aliphatic carbocycles. The van der Waals surface area contributed by atoms with Gasteiger partial charge in [0.2, 0.25) is 0 Å². The van der Waals surface area contributed by atoms with Crippen LogP contribution in [0.2, 0.25) is 0 Å². The Hall–Kier alpha value is -1.09. The fourth-order valence-electron chi connectivity index (χ4n) is 1.03. The molecule has 2 rings (SSSR count). The molecule has 2 N–H and O–H groups in total. The van der Waals surface area contributed by atoms with Crippen LogP contribution in [-0.4, -0.2) is 0 Å². The lowest BCUT2D eigenvalue weighted by Gasteiger charge is -1.86. The molecule has 0 unspecified atom stereocenters. The van der Waals surface area contributed by atoms with E-state index in [4.69, 9.17) is 5.73 Å². The number of nitrogen functional groups attached to an aromatic ring is 1. The normalized spacial score (nSPS) is 10.6. The number of anilines is 1. The zero-order chi connectivity index (χ0) is 7.84. The van der Waals surface area contributed by atoms with Gasteiger partial charge in [-0.2, -0.15) is 0 Å². The number of thiophene rings is 1. The maximum Gasteiger partial charge on any atom is 0.124 e. The van der Waals surface area contributed by atoms with E-state index in [0.717, 1.165) is 15.1 Å². The molecule has 2 aromatic rings. The Morgan fingerprint density at radius 3 is 2.91 bits per heavy atom. The van der Waals surface area contributed by atoms with Crippen molar-refractivity contribution in [2.45, 2.75) is 0 Å². The third kappa shape index (κ3) is 1.07. The smallest absolute Gasteiger partial charge is 0.124 e. The lowest BCUT2D eigenvalue weighted by molar-refractivity contribution is 0.630. The predicted octanol–water partition coefficient (Wildman–Crippen LogP) is 2.62. The van der Waals surface area contributed by atoms with E-state index in [1.807, 2.05) is 6.07 Å². The summed E-state index contributed by atoms with van der Waals surface area (Å²) in [4.78, 5) is 0. The maximum absolute atomic E-state index is 12.6. The molecular weight excluding hydrogens is 161 g/mol. The van der Waals surface area contributed by atoms with Gasteiger partial charge in [-0.05, 0) is 23.6 Å². The summed E-state index contributed by atoms with van der Waals surface area (Å²) in [5, 5.41) is 1.74. The molecule has 0 aliphatic rings. The summed E-state index contributed by atoms with van der Waals surface area (Å²) in [6, 6.07) is 6.52. The van der Waals surface area contributed by atoms with Gasteiger partial charge in [-0.15, -0.1) is 11.3 Å². The first-order valence-corrected chi connectivity index (χ1v) is 4.02. The topological polar surface area (TPSA) is 26.0 Å². The van der Waals surface area contributed by atoms with Crippen LogP contribution >= 0.6 is 11.3 Å². The molecular formula is C8H6FNS. The minimum absolute atomic E-state index is 0.209. The van der Waals surface area contributed by atoms with Crippen molar-refractivity contribution in [3.05, 3.63) is 30.1 Å². The first-order chi connectivity index (χ1) is 5.25. The SMILES string of the molecule is Nc1cc2ccc(F)cc2s1. The number of nitrogens with two attached hydrogens (primary N) is 1. The molecule has 0 amide bonds. The molecule has 56 valence electrons. The number of fused-ring (bicyclic) bond motifs is 1. The minimum Gasteiger partial charge on any atom is -0.391 e. The number of hydrogen-bond acceptors (Lipinski definition) is 2. The van der Waals surface area contributed by atoms with Crippen LogP contribution in [0.4, 0.5) is 9.39 Å². The van der Waals surface area contributed by atoms with Gasteiger partial charge in [-0.3, -0.25) is 0 Å². The molecule has 0 bridgehead atoms. The van der Waals surface area contributed by atoms with Crippen LogP contribution in [0, 0.1) is 5.82 Å². The Balaban J connectivity index is 2.82. The monoisotopic (exact) mass is 167 g/mol. The van der Waals surface area contributed by atoms with Gasteiger partial charge in [0.05, 0.1) is 5.00 Å². The highest BCUT2D eigenvalue weighted by molar-refractivity contribution is 7.22. The van der Waals surface area contributed by atoms with Gasteiger partial charge in [0.1, 0.15) is 5.82 Å². The molecule has 1 nitrogen and oxygen atoms in total. The summed E-state index contributed by atoms with van der Waals surface area (Å²) in [5.74, 6) is -0.209. The summed E-state index contributed by atoms with van der Waals surface area (Å²) in [7, 11) is 0. The highest BCUT2D eigenvalue weighted by atomic mass is 32.1. The Morgan fingerprint density at radius 2 is 2.09 bits per heavy atom. The molecule has 0 radical (unpaired) electrons. The average molecular weight is 167 g/mol. The quantitative estimate of drug-likeness (QED) is 0.641. The Labute approximate surface area is 67.3 Å². The summed E-state index contributed by atoms with van der Waals surface area (Å²) in [6.45, 7) is 0. The van der Waals surface area contributed by atoms with Crippen molar-refractivity contribution in [2.75, 3.05) is 5.73 Å². The van der Waals surface area contributed by atoms with Crippen molar-refractivity contribution < 1.29 is 4.39 Å². The third-order valence-electron chi connectivity index (χ3n) is 1.50. The van der Waals surface area contributed by atoms with E-state index in [-0.39, 0.29) is 5.82 Å². The fourth-order valence-corrected chi connectivity index (χ4v) is 1.88. The molecule has 11 heavy (non-hydrogen) atoms. The molecule has 0 atom stereocenters. The minimum atomic E-state index is -0.209. The number of benzene rings is 1. The van der Waals surface area contributed by atoms with Crippen molar-refractivity contribution in [3.63, 3.8) is 0 Å². The fraction of sp³-hybridized carbons (Fsp3) is 0. The second kappa shape index (κ2) is 2.20. The van der Waals surface area contributed by atoms with Crippen LogP contribution in [0.15, 0.2) is 24.3 Å². The van der Waals surface area contributed by atoms with Crippen LogP contribution in [0.1, 0.15) is 0 Å². The standard InChI is InChI=1S/C8H6FNS/c9-6-2-1-5-3-8(10)11-7(5)4-6/h1-4H,10H2. The Kier molecular flexibility index (Phi) is 1.32. The van der Waals surface area contributed by atoms with Gasteiger partial charge in [0, 0.05) is 4.70 Å². The Morgan fingerprint density at radius 1 is 1.27 bits per heavy atom. The Bertz CT molecular complexity index is 394. The molecule has 1 heterocycles. The van der Waals surface area contributed by atoms with Crippen molar-refractivity contribution in [1.82, 2.24) is 0 Å². The average Bonchev–Trinajstić information content (AvgIpc) is 2.27. The van der Waals surface area contributed by atoms with E-state index in [1.165, 1.54) is 23.5 Å². The molecule has 0 aliphatic heterocycles. The first-order valence-electron chi connectivity index (χ1n) is 3.20. The van der Waals surface area contributed by atoms with Gasteiger partial charge in [0.25, 0.3) is 0 Å². The number of hydrogen-bond donors (Lipinski definition) is 1. The zero-order valence-electron chi connectivity index (χ0n) is 5.67. The van der Waals surface area contributed by atoms with E-state index in [0.29, 0.717) is 0 Å². The van der Waals surface area contributed by atoms with Gasteiger partial charge >= 0.3 is 0 Å². The summed E-state index contributed by atoms with van der Waals surface area (Å²) < 4.78 is 13.5. The highest BCUT2D eigenvalue weighted by Gasteiger charge is 1.98. The van der Waals surface area contributed by atoms with Gasteiger partial charge < -0.3 is 5.73 Å². The molecule has 0 fully saturated rings. The highest BCUT2D eigenvalue weighted by Crippen LogP contribution is 2.27. The molecule has 0 saturated carbocycles. The molecule has 0 saturated heterocycles. The molecule has 1 aromatic carbocycles. The van der Waals surface area contributed by atoms with Crippen molar-refractivity contribution in [3.8, 4) is 0 Å². The lowest BCUT2D eigenvalue weighted by atomic mass is 10.2. The second-order valence-electron chi connectivity index (χ2n) is 2.33. The summed E-state index contributed by atoms with van der Waals surface area (Å²) in [6.07, 6.45) is 0. The van der Waals surface area contributed by atoms with E-state index >= 15 is 0 Å². The molecule has 0 spiro atoms. The number of rotatable bonds is 0. The van der Waals surface area contributed by atoms with Gasteiger partial charge in [-0.25, -0.2) is 4.39 Å². The largest absolute Gasteiger partial charge is 0.391 e. The zero-order valence-corrected chi connectivity index (χ0v) is 6.49. The number of halogens is 1. The third-order valence-corrected chi connectivity index (χ3v) is 2.43. The van der Waals surface area contributed by atoms with Crippen molar-refractivity contribution >= 4 is 26.4 Å². The van der Waals surface area contributed by atoms with Crippen LogP contribution < -0.4 is 5.73 Å². The molecule has 1 aromatic heterocycles. The van der Waals surface area contributed by atoms with Crippen LogP contribution in [0.5, 0.6) is 0 Å². The first kappa shape index (κ1) is 6.61. The van der Waals surface area contributed by atoms with Gasteiger partial charge in [-0.1, -0.05) is 6.07 Å². The summed E-state index contributed by atoms with van der Waals surface area (Å²) in [5.41, 5.74) is 5.54. The van der Waals surface area contributed by atoms with Crippen LogP contribution in [0.3, 0.4) is 0 Å². The van der Waals surface area contributed by atoms with Crippen LogP contribution in [-0.2, 0) is 0 Å². The second-order valence-corrected chi connectivity index (χ2v) is 3.45. The van der Waals surface area contributed by atoms with E-state index < -0.39 is 0 Å². The van der Waals surface area contributed by atoms with E-state index in [2.05, 4.69) is 0 Å². The van der Waals surface area contributed by atoms with Crippen molar-refractivity contribution in [1.29, 1.82) is 0 Å². The van der Waals surface area contributed by atoms with Gasteiger partial charge in [0.15, 0.2) is 0 Å². The lowest BCUT2D eigenvalue weighted by Crippen LogP contribution is -1.72. The molecule has 3 heteroatoms. The van der Waals surface area contributed by atoms with E-state index in [1.54, 1.807) is 6.07 Å². The van der Waals surface area contributed by atoms with E-state index in [9.17, 15) is 4.39 Å². The van der Waals surface area contributed by atoms with Crippen LogP contribution in [0.25, 0.3) is 10.1 Å².